The van der Waals surface area contributed by atoms with Gasteiger partial charge in [0.15, 0.2) is 0 Å². The molecule has 0 spiro atoms. The van der Waals surface area contributed by atoms with Gasteiger partial charge in [-0.1, -0.05) is 61.0 Å². The molecule has 0 saturated heterocycles. The Hall–Kier alpha value is -3.72. The van der Waals surface area contributed by atoms with E-state index >= 15 is 0 Å². The minimum absolute atomic E-state index is 0.0421. The van der Waals surface area contributed by atoms with Crippen LogP contribution in [0.5, 0.6) is 5.75 Å². The second-order valence-corrected chi connectivity index (χ2v) is 8.85. The van der Waals surface area contributed by atoms with E-state index in [4.69, 9.17) is 11.6 Å². The van der Waals surface area contributed by atoms with Crippen molar-refractivity contribution in [1.82, 2.24) is 10.4 Å². The summed E-state index contributed by atoms with van der Waals surface area (Å²) in [5, 5.41) is 4.39. The van der Waals surface area contributed by atoms with Crippen LogP contribution in [-0.4, -0.2) is 23.7 Å². The van der Waals surface area contributed by atoms with E-state index in [1.807, 2.05) is 42.5 Å². The summed E-state index contributed by atoms with van der Waals surface area (Å²) in [4.78, 5) is 13.1. The predicted octanol–water partition coefficient (Wildman–Crippen LogP) is 6.90. The van der Waals surface area contributed by atoms with Crippen molar-refractivity contribution in [3.05, 3.63) is 94.0 Å². The fraction of sp³-hybridized carbons (Fsp3) is 0.192. The summed E-state index contributed by atoms with van der Waals surface area (Å²) in [5.74, 6) is -5.08. The number of fused-ring (bicyclic) bond motifs is 1. The first kappa shape index (κ1) is 24.0. The molecule has 10 heteroatoms. The monoisotopic (exact) mass is 517 g/mol. The van der Waals surface area contributed by atoms with Crippen molar-refractivity contribution in [2.75, 3.05) is 11.9 Å². The standard InChI is InChI=1S/C26H20ClF4N3O2/c1-2-15-12-19(13-21-23(15)36-26(30,31)25(21,28)29)32-24(35)34-14-20(16-6-4-3-5-7-16)22(33-34)17-8-10-18(27)11-9-17/h3-13,33H,2,14H2,1H3,(H,32,35). The van der Waals surface area contributed by atoms with Crippen molar-refractivity contribution in [3.8, 4) is 5.75 Å². The highest BCUT2D eigenvalue weighted by molar-refractivity contribution is 6.30. The summed E-state index contributed by atoms with van der Waals surface area (Å²) in [6.45, 7) is 1.78. The Morgan fingerprint density at radius 1 is 1.06 bits per heavy atom. The number of aryl methyl sites for hydroxylation is 1. The molecule has 0 bridgehead atoms. The zero-order chi connectivity index (χ0) is 25.7. The number of benzene rings is 3. The first-order chi connectivity index (χ1) is 17.1. The van der Waals surface area contributed by atoms with Gasteiger partial charge in [-0.05, 0) is 47.4 Å². The van der Waals surface area contributed by atoms with Crippen molar-refractivity contribution in [1.29, 1.82) is 0 Å². The number of urea groups is 1. The Balaban J connectivity index is 1.43. The van der Waals surface area contributed by atoms with E-state index in [0.717, 1.165) is 22.8 Å². The number of carbonyl (C=O) groups is 1. The van der Waals surface area contributed by atoms with Gasteiger partial charge in [-0.3, -0.25) is 5.43 Å². The molecule has 0 saturated carbocycles. The van der Waals surface area contributed by atoms with Crippen LogP contribution in [0.4, 0.5) is 28.0 Å². The van der Waals surface area contributed by atoms with E-state index in [0.29, 0.717) is 10.7 Å². The van der Waals surface area contributed by atoms with Crippen LogP contribution in [0, 0.1) is 0 Å². The van der Waals surface area contributed by atoms with Crippen LogP contribution in [0.25, 0.3) is 11.3 Å². The number of hydrogen-bond donors (Lipinski definition) is 2. The molecule has 3 aromatic carbocycles. The molecule has 0 radical (unpaired) electrons. The molecule has 0 aromatic heterocycles. The van der Waals surface area contributed by atoms with Gasteiger partial charge in [0.2, 0.25) is 0 Å². The van der Waals surface area contributed by atoms with Crippen molar-refractivity contribution >= 4 is 34.6 Å². The van der Waals surface area contributed by atoms with E-state index in [1.54, 1.807) is 19.1 Å². The van der Waals surface area contributed by atoms with Gasteiger partial charge in [0.25, 0.3) is 0 Å². The second kappa shape index (κ2) is 8.74. The third-order valence-electron chi connectivity index (χ3n) is 6.10. The first-order valence-corrected chi connectivity index (χ1v) is 11.5. The highest BCUT2D eigenvalue weighted by atomic mass is 35.5. The first-order valence-electron chi connectivity index (χ1n) is 11.1. The van der Waals surface area contributed by atoms with E-state index in [9.17, 15) is 22.4 Å². The summed E-state index contributed by atoms with van der Waals surface area (Å²) in [6, 6.07) is 18.1. The largest absolute Gasteiger partial charge is 0.469 e. The summed E-state index contributed by atoms with van der Waals surface area (Å²) < 4.78 is 60.6. The Kier molecular flexibility index (Phi) is 5.83. The fourth-order valence-corrected chi connectivity index (χ4v) is 4.38. The number of anilines is 1. The van der Waals surface area contributed by atoms with Crippen molar-refractivity contribution in [2.45, 2.75) is 25.4 Å². The SMILES string of the molecule is CCc1cc(NC(=O)N2CC(c3ccccc3)=C(c3ccc(Cl)cc3)N2)cc2c1OC(F)(F)C2(F)F. The normalized spacial score (nSPS) is 17.4. The fourth-order valence-electron chi connectivity index (χ4n) is 4.25. The number of hydrogen-bond acceptors (Lipinski definition) is 3. The van der Waals surface area contributed by atoms with Crippen molar-refractivity contribution < 1.29 is 27.1 Å². The lowest BCUT2D eigenvalue weighted by Gasteiger charge is -2.20. The molecule has 5 rings (SSSR count). The van der Waals surface area contributed by atoms with Gasteiger partial charge in [0.05, 0.1) is 17.8 Å². The van der Waals surface area contributed by atoms with Crippen LogP contribution in [0.2, 0.25) is 5.02 Å². The Labute approximate surface area is 209 Å². The predicted molar refractivity (Wildman–Crippen MR) is 129 cm³/mol. The quantitative estimate of drug-likeness (QED) is 0.370. The Bertz CT molecular complexity index is 1360. The molecule has 0 aliphatic carbocycles. The smallest absolute Gasteiger partial charge is 0.427 e. The summed E-state index contributed by atoms with van der Waals surface area (Å²) >= 11 is 6.02. The molecule has 0 atom stereocenters. The topological polar surface area (TPSA) is 53.6 Å². The van der Waals surface area contributed by atoms with E-state index < -0.39 is 29.4 Å². The molecular formula is C26H20ClF4N3O2. The van der Waals surface area contributed by atoms with Crippen LogP contribution in [0.3, 0.4) is 0 Å². The summed E-state index contributed by atoms with van der Waals surface area (Å²) in [7, 11) is 0. The third kappa shape index (κ3) is 4.03. The average molecular weight is 518 g/mol. The number of halogens is 5. The molecule has 2 aliphatic rings. The van der Waals surface area contributed by atoms with E-state index in [1.165, 1.54) is 11.1 Å². The number of ether oxygens (including phenoxy) is 1. The van der Waals surface area contributed by atoms with Crippen LogP contribution >= 0.6 is 11.6 Å². The van der Waals surface area contributed by atoms with Crippen LogP contribution in [-0.2, 0) is 12.3 Å². The second-order valence-electron chi connectivity index (χ2n) is 8.41. The summed E-state index contributed by atoms with van der Waals surface area (Å²) in [6.07, 6.45) is -4.51. The van der Waals surface area contributed by atoms with Gasteiger partial charge in [-0.15, -0.1) is 0 Å². The highest BCUT2D eigenvalue weighted by Crippen LogP contribution is 2.55. The Morgan fingerprint density at radius 3 is 2.42 bits per heavy atom. The maximum Gasteiger partial charge on any atom is 0.469 e. The molecule has 2 N–H and O–H groups in total. The minimum Gasteiger partial charge on any atom is -0.427 e. The van der Waals surface area contributed by atoms with Gasteiger partial charge < -0.3 is 10.1 Å². The lowest BCUT2D eigenvalue weighted by Crippen LogP contribution is -2.40. The summed E-state index contributed by atoms with van der Waals surface area (Å²) in [5.41, 5.74) is 5.39. The van der Waals surface area contributed by atoms with Gasteiger partial charge in [-0.25, -0.2) is 9.80 Å². The number of rotatable bonds is 4. The van der Waals surface area contributed by atoms with Gasteiger partial charge in [0.1, 0.15) is 5.75 Å². The molecule has 2 aliphatic heterocycles. The minimum atomic E-state index is -4.67. The number of carbonyl (C=O) groups excluding carboxylic acids is 1. The Morgan fingerprint density at radius 2 is 1.75 bits per heavy atom. The zero-order valence-electron chi connectivity index (χ0n) is 18.9. The number of nitrogens with zero attached hydrogens (tertiary/aromatic N) is 1. The third-order valence-corrected chi connectivity index (χ3v) is 6.35. The maximum atomic E-state index is 14.3. The molecule has 2 heterocycles. The lowest BCUT2D eigenvalue weighted by molar-refractivity contribution is -0.296. The van der Waals surface area contributed by atoms with Crippen LogP contribution < -0.4 is 15.5 Å². The van der Waals surface area contributed by atoms with E-state index in [2.05, 4.69) is 15.5 Å². The number of nitrogens with one attached hydrogen (secondary N) is 2. The molecule has 186 valence electrons. The molecule has 5 nitrogen and oxygen atoms in total. The van der Waals surface area contributed by atoms with E-state index in [-0.39, 0.29) is 24.2 Å². The molecule has 36 heavy (non-hydrogen) atoms. The maximum absolute atomic E-state index is 14.3. The van der Waals surface area contributed by atoms with Crippen molar-refractivity contribution in [3.63, 3.8) is 0 Å². The zero-order valence-corrected chi connectivity index (χ0v) is 19.7. The van der Waals surface area contributed by atoms with Gasteiger partial charge in [-0.2, -0.15) is 17.6 Å². The molecule has 0 unspecified atom stereocenters. The van der Waals surface area contributed by atoms with Crippen LogP contribution in [0.15, 0.2) is 66.7 Å². The molecule has 2 amide bonds. The van der Waals surface area contributed by atoms with Crippen molar-refractivity contribution in [2.24, 2.45) is 0 Å². The molecule has 3 aromatic rings. The van der Waals surface area contributed by atoms with Crippen LogP contribution in [0.1, 0.15) is 29.2 Å². The number of hydrazine groups is 1. The van der Waals surface area contributed by atoms with Gasteiger partial charge >= 0.3 is 18.1 Å². The number of alkyl halides is 4. The highest BCUT2D eigenvalue weighted by Gasteiger charge is 2.67. The lowest BCUT2D eigenvalue weighted by atomic mass is 10.0. The molecule has 0 fully saturated rings. The average Bonchev–Trinajstić information content (AvgIpc) is 3.37. The molecular weight excluding hydrogens is 498 g/mol. The number of amides is 2. The van der Waals surface area contributed by atoms with Gasteiger partial charge in [0, 0.05) is 16.3 Å².